The zero-order valence-electron chi connectivity index (χ0n) is 14.6. The summed E-state index contributed by atoms with van der Waals surface area (Å²) in [7, 11) is 0. The number of likely N-dealkylation sites (tertiary alicyclic amines) is 1. The molecule has 0 aromatic heterocycles. The Morgan fingerprint density at radius 3 is 2.58 bits per heavy atom. The first kappa shape index (κ1) is 18.3. The second kappa shape index (κ2) is 7.66. The molecule has 1 aromatic rings. The smallest absolute Gasteiger partial charge is 0.407 e. The predicted molar refractivity (Wildman–Crippen MR) is 92.3 cm³/mol. The van der Waals surface area contributed by atoms with E-state index in [1.54, 1.807) is 0 Å². The third-order valence-corrected chi connectivity index (χ3v) is 4.00. The summed E-state index contributed by atoms with van der Waals surface area (Å²) in [5.74, 6) is -0.0648. The van der Waals surface area contributed by atoms with E-state index in [0.29, 0.717) is 6.54 Å². The summed E-state index contributed by atoms with van der Waals surface area (Å²) in [6, 6.07) is 9.14. The topological polar surface area (TPSA) is 84.7 Å². The Bertz CT molecular complexity index is 569. The van der Waals surface area contributed by atoms with Gasteiger partial charge in [-0.25, -0.2) is 4.79 Å². The fourth-order valence-electron chi connectivity index (χ4n) is 3.00. The summed E-state index contributed by atoms with van der Waals surface area (Å²) < 4.78 is 5.24. The van der Waals surface area contributed by atoms with E-state index in [1.165, 1.54) is 0 Å². The van der Waals surface area contributed by atoms with Crippen LogP contribution in [-0.2, 0) is 9.53 Å². The lowest BCUT2D eigenvalue weighted by Gasteiger charge is -2.25. The number of ether oxygens (including phenoxy) is 1. The lowest BCUT2D eigenvalue weighted by Crippen LogP contribution is -2.38. The Hall–Kier alpha value is -2.08. The van der Waals surface area contributed by atoms with E-state index in [1.807, 2.05) is 51.1 Å². The highest BCUT2D eigenvalue weighted by Gasteiger charge is 2.32. The number of nitrogens with two attached hydrogens (primary N) is 1. The fourth-order valence-corrected chi connectivity index (χ4v) is 3.00. The minimum absolute atomic E-state index is 0.281. The number of carbonyl (C=O) groups is 2. The van der Waals surface area contributed by atoms with Gasteiger partial charge in [-0.3, -0.25) is 9.69 Å². The molecule has 1 aromatic carbocycles. The van der Waals surface area contributed by atoms with Gasteiger partial charge in [0, 0.05) is 13.1 Å². The molecule has 3 N–H and O–H groups in total. The van der Waals surface area contributed by atoms with Crippen molar-refractivity contribution in [3.05, 3.63) is 35.9 Å². The third kappa shape index (κ3) is 5.23. The van der Waals surface area contributed by atoms with E-state index >= 15 is 0 Å². The summed E-state index contributed by atoms with van der Waals surface area (Å²) in [6.07, 6.45) is 0.502. The van der Waals surface area contributed by atoms with E-state index in [9.17, 15) is 9.59 Å². The molecule has 0 bridgehead atoms. The summed E-state index contributed by atoms with van der Waals surface area (Å²) in [6.45, 7) is 7.54. The zero-order chi connectivity index (χ0) is 17.7. The minimum atomic E-state index is -0.504. The Kier molecular flexibility index (Phi) is 5.83. The lowest BCUT2D eigenvalue weighted by atomic mass is 10.0. The summed E-state index contributed by atoms with van der Waals surface area (Å²) >= 11 is 0. The maximum Gasteiger partial charge on any atom is 0.407 e. The molecule has 1 aliphatic rings. The van der Waals surface area contributed by atoms with Crippen molar-refractivity contribution in [2.75, 3.05) is 19.6 Å². The number of amides is 2. The van der Waals surface area contributed by atoms with Crippen molar-refractivity contribution in [2.45, 2.75) is 38.8 Å². The molecular formula is C18H27N3O3. The highest BCUT2D eigenvalue weighted by Crippen LogP contribution is 2.27. The van der Waals surface area contributed by atoms with Crippen molar-refractivity contribution in [2.24, 2.45) is 11.7 Å². The number of nitrogens with zero attached hydrogens (tertiary/aromatic N) is 1. The minimum Gasteiger partial charge on any atom is -0.444 e. The van der Waals surface area contributed by atoms with Gasteiger partial charge in [-0.15, -0.1) is 0 Å². The van der Waals surface area contributed by atoms with Crippen molar-refractivity contribution < 1.29 is 14.3 Å². The van der Waals surface area contributed by atoms with Crippen LogP contribution in [0.15, 0.2) is 30.3 Å². The molecule has 6 heteroatoms. The van der Waals surface area contributed by atoms with E-state index in [2.05, 4.69) is 10.2 Å². The number of nitrogens with one attached hydrogen (secondary N) is 1. The summed E-state index contributed by atoms with van der Waals surface area (Å²) in [5.41, 5.74) is 6.02. The Labute approximate surface area is 143 Å². The summed E-state index contributed by atoms with van der Waals surface area (Å²) in [5, 5.41) is 2.81. The number of alkyl carbamates (subject to hydrolysis) is 1. The first-order valence-electron chi connectivity index (χ1n) is 8.31. The second-order valence-electron chi connectivity index (χ2n) is 7.25. The monoisotopic (exact) mass is 333 g/mol. The van der Waals surface area contributed by atoms with Crippen molar-refractivity contribution in [1.82, 2.24) is 10.2 Å². The quantitative estimate of drug-likeness (QED) is 0.864. The van der Waals surface area contributed by atoms with Gasteiger partial charge in [-0.2, -0.15) is 0 Å². The maximum absolute atomic E-state index is 11.9. The van der Waals surface area contributed by atoms with Crippen LogP contribution >= 0.6 is 0 Å². The molecule has 0 aliphatic carbocycles. The van der Waals surface area contributed by atoms with Crippen molar-refractivity contribution >= 4 is 12.0 Å². The van der Waals surface area contributed by atoms with Crippen LogP contribution < -0.4 is 11.1 Å². The number of primary amides is 1. The molecule has 1 saturated heterocycles. The van der Waals surface area contributed by atoms with Crippen LogP contribution in [0.2, 0.25) is 0 Å². The Morgan fingerprint density at radius 1 is 1.33 bits per heavy atom. The van der Waals surface area contributed by atoms with E-state index in [-0.39, 0.29) is 11.8 Å². The molecule has 2 atom stereocenters. The standard InChI is InChI=1S/C18H27N3O3/c1-18(2,3)24-17(23)20-11-13-9-10-21(12-13)15(16(19)22)14-7-5-4-6-8-14/h4-8,13,15H,9-12H2,1-3H3,(H2,19,22)(H,20,23)/t13-,15+/m0/s1. The van der Waals surface area contributed by atoms with Gasteiger partial charge in [-0.05, 0) is 45.2 Å². The highest BCUT2D eigenvalue weighted by molar-refractivity contribution is 5.81. The molecule has 2 rings (SSSR count). The van der Waals surface area contributed by atoms with Crippen LogP contribution in [0.3, 0.4) is 0 Å². The van der Waals surface area contributed by atoms with E-state index in [4.69, 9.17) is 10.5 Å². The first-order chi connectivity index (χ1) is 11.3. The Balaban J connectivity index is 1.89. The van der Waals surface area contributed by atoms with Gasteiger partial charge in [0.2, 0.25) is 5.91 Å². The van der Waals surface area contributed by atoms with Gasteiger partial charge < -0.3 is 15.8 Å². The van der Waals surface area contributed by atoms with Gasteiger partial charge in [0.15, 0.2) is 0 Å². The van der Waals surface area contributed by atoms with Crippen molar-refractivity contribution in [3.8, 4) is 0 Å². The van der Waals surface area contributed by atoms with Crippen LogP contribution in [0.4, 0.5) is 4.79 Å². The molecule has 1 heterocycles. The predicted octanol–water partition coefficient (Wildman–Crippen LogP) is 2.06. The molecule has 6 nitrogen and oxygen atoms in total. The molecule has 24 heavy (non-hydrogen) atoms. The fraction of sp³-hybridized carbons (Fsp3) is 0.556. The molecular weight excluding hydrogens is 306 g/mol. The molecule has 0 radical (unpaired) electrons. The molecule has 0 saturated carbocycles. The van der Waals surface area contributed by atoms with E-state index < -0.39 is 17.7 Å². The summed E-state index contributed by atoms with van der Waals surface area (Å²) in [4.78, 5) is 25.7. The molecule has 1 aliphatic heterocycles. The zero-order valence-corrected chi connectivity index (χ0v) is 14.6. The number of rotatable bonds is 5. The number of hydrogen-bond donors (Lipinski definition) is 2. The first-order valence-corrected chi connectivity index (χ1v) is 8.31. The van der Waals surface area contributed by atoms with Gasteiger partial charge in [0.25, 0.3) is 0 Å². The number of benzene rings is 1. The third-order valence-electron chi connectivity index (χ3n) is 4.00. The highest BCUT2D eigenvalue weighted by atomic mass is 16.6. The molecule has 0 spiro atoms. The van der Waals surface area contributed by atoms with Gasteiger partial charge in [0.1, 0.15) is 11.6 Å². The molecule has 0 unspecified atom stereocenters. The van der Waals surface area contributed by atoms with Gasteiger partial charge in [-0.1, -0.05) is 30.3 Å². The van der Waals surface area contributed by atoms with Crippen molar-refractivity contribution in [3.63, 3.8) is 0 Å². The van der Waals surface area contributed by atoms with Gasteiger partial charge >= 0.3 is 6.09 Å². The maximum atomic E-state index is 11.9. The average Bonchev–Trinajstić information content (AvgIpc) is 2.93. The normalized spacial score (nSPS) is 19.7. The number of hydrogen-bond acceptors (Lipinski definition) is 4. The molecule has 132 valence electrons. The lowest BCUT2D eigenvalue weighted by molar-refractivity contribution is -0.123. The van der Waals surface area contributed by atoms with E-state index in [0.717, 1.165) is 25.1 Å². The second-order valence-corrected chi connectivity index (χ2v) is 7.25. The van der Waals surface area contributed by atoms with Crippen LogP contribution in [0.1, 0.15) is 38.8 Å². The van der Waals surface area contributed by atoms with Crippen LogP contribution in [0.25, 0.3) is 0 Å². The number of carbonyl (C=O) groups excluding carboxylic acids is 2. The molecule has 1 fully saturated rings. The average molecular weight is 333 g/mol. The van der Waals surface area contributed by atoms with Crippen LogP contribution in [0.5, 0.6) is 0 Å². The SMILES string of the molecule is CC(C)(C)OC(=O)NC[C@@H]1CCN([C@@H](C(N)=O)c2ccccc2)C1. The largest absolute Gasteiger partial charge is 0.444 e. The van der Waals surface area contributed by atoms with Gasteiger partial charge in [0.05, 0.1) is 0 Å². The van der Waals surface area contributed by atoms with Crippen LogP contribution in [0, 0.1) is 5.92 Å². The Morgan fingerprint density at radius 2 is 2.00 bits per heavy atom. The van der Waals surface area contributed by atoms with Crippen molar-refractivity contribution in [1.29, 1.82) is 0 Å². The van der Waals surface area contributed by atoms with Crippen LogP contribution in [-0.4, -0.2) is 42.1 Å². The molecule has 2 amide bonds.